The van der Waals surface area contributed by atoms with Gasteiger partial charge in [0.2, 0.25) is 0 Å². The van der Waals surface area contributed by atoms with E-state index in [-0.39, 0.29) is 0 Å². The topological polar surface area (TPSA) is 18.5 Å². The number of ether oxygens (including phenoxy) is 2. The van der Waals surface area contributed by atoms with Crippen molar-refractivity contribution in [1.82, 2.24) is 0 Å². The fourth-order valence-electron chi connectivity index (χ4n) is 1.46. The minimum absolute atomic E-state index is 0.672. The predicted octanol–water partition coefficient (Wildman–Crippen LogP) is 4.06. The minimum Gasteiger partial charge on any atom is -0.494 e. The third kappa shape index (κ3) is 3.25. The largest absolute Gasteiger partial charge is 0.494 e. The van der Waals surface area contributed by atoms with Crippen LogP contribution >= 0.6 is 0 Å². The first-order valence-electron chi connectivity index (χ1n) is 5.60. The first-order chi connectivity index (χ1) is 8.28. The van der Waals surface area contributed by atoms with E-state index in [9.17, 15) is 0 Å². The maximum atomic E-state index is 5.68. The van der Waals surface area contributed by atoms with Crippen molar-refractivity contribution in [2.75, 3.05) is 6.61 Å². The van der Waals surface area contributed by atoms with Crippen molar-refractivity contribution in [2.45, 2.75) is 6.92 Å². The van der Waals surface area contributed by atoms with Crippen LogP contribution in [0.25, 0.3) is 0 Å². The van der Waals surface area contributed by atoms with E-state index in [0.29, 0.717) is 6.61 Å². The van der Waals surface area contributed by atoms with Gasteiger partial charge in [0.05, 0.1) is 6.61 Å². The summed E-state index contributed by atoms with van der Waals surface area (Å²) in [6, 6.07) is 15.2. The highest BCUT2D eigenvalue weighted by atomic mass is 16.5. The summed E-state index contributed by atoms with van der Waals surface area (Å²) in [4.78, 5) is 0. The van der Waals surface area contributed by atoms with Crippen LogP contribution < -0.4 is 9.47 Å². The molecule has 0 spiro atoms. The van der Waals surface area contributed by atoms with E-state index in [0.717, 1.165) is 22.8 Å². The molecule has 2 rings (SSSR count). The first-order valence-corrected chi connectivity index (χ1v) is 5.60. The Morgan fingerprint density at radius 2 is 1.29 bits per heavy atom. The van der Waals surface area contributed by atoms with Gasteiger partial charge in [-0.05, 0) is 55.8 Å². The van der Waals surface area contributed by atoms with Crippen LogP contribution in [0, 0.1) is 6.92 Å². The Bertz CT molecular complexity index is 457. The molecule has 0 aliphatic rings. The maximum Gasteiger partial charge on any atom is 0.127 e. The number of benzene rings is 2. The molecule has 0 N–H and O–H groups in total. The lowest BCUT2D eigenvalue weighted by molar-refractivity contribution is 0.339. The number of rotatable bonds is 4. The summed E-state index contributed by atoms with van der Waals surface area (Å²) in [5.74, 6) is 2.46. The van der Waals surface area contributed by atoms with Crippen LogP contribution in [0.2, 0.25) is 0 Å². The molecular formula is C15H15O2. The zero-order chi connectivity index (χ0) is 12.1. The SMILES string of the molecule is [CH2]c1ccc(Oc2ccc(OCC)cc2)cc1. The minimum atomic E-state index is 0.672. The van der Waals surface area contributed by atoms with Crippen LogP contribution in [-0.4, -0.2) is 6.61 Å². The average Bonchev–Trinajstić information content (AvgIpc) is 2.35. The molecule has 2 aromatic rings. The van der Waals surface area contributed by atoms with E-state index in [1.807, 2.05) is 55.5 Å². The Kier molecular flexibility index (Phi) is 3.66. The van der Waals surface area contributed by atoms with Crippen molar-refractivity contribution in [3.63, 3.8) is 0 Å². The highest BCUT2D eigenvalue weighted by molar-refractivity contribution is 5.36. The van der Waals surface area contributed by atoms with Gasteiger partial charge in [-0.2, -0.15) is 0 Å². The third-order valence-electron chi connectivity index (χ3n) is 2.29. The Hall–Kier alpha value is -1.96. The first kappa shape index (κ1) is 11.5. The van der Waals surface area contributed by atoms with Gasteiger partial charge in [-0.25, -0.2) is 0 Å². The van der Waals surface area contributed by atoms with Gasteiger partial charge in [0.25, 0.3) is 0 Å². The van der Waals surface area contributed by atoms with Gasteiger partial charge in [-0.1, -0.05) is 12.1 Å². The lowest BCUT2D eigenvalue weighted by Gasteiger charge is -2.07. The summed E-state index contributed by atoms with van der Waals surface area (Å²) in [6.07, 6.45) is 0. The molecule has 0 bridgehead atoms. The predicted molar refractivity (Wildman–Crippen MR) is 68.6 cm³/mol. The summed E-state index contributed by atoms with van der Waals surface area (Å²) in [5.41, 5.74) is 0.976. The second-order valence-corrected chi connectivity index (χ2v) is 3.65. The van der Waals surface area contributed by atoms with Crippen molar-refractivity contribution < 1.29 is 9.47 Å². The van der Waals surface area contributed by atoms with Gasteiger partial charge >= 0.3 is 0 Å². The normalized spacial score (nSPS) is 10.0. The van der Waals surface area contributed by atoms with E-state index in [4.69, 9.17) is 9.47 Å². The fraction of sp³-hybridized carbons (Fsp3) is 0.133. The van der Waals surface area contributed by atoms with E-state index in [2.05, 4.69) is 6.92 Å². The van der Waals surface area contributed by atoms with Crippen LogP contribution in [0.3, 0.4) is 0 Å². The van der Waals surface area contributed by atoms with Crippen molar-refractivity contribution in [3.8, 4) is 17.2 Å². The Morgan fingerprint density at radius 3 is 1.82 bits per heavy atom. The number of hydrogen-bond donors (Lipinski definition) is 0. The van der Waals surface area contributed by atoms with Crippen LogP contribution in [0.5, 0.6) is 17.2 Å². The molecule has 87 valence electrons. The molecule has 0 aromatic heterocycles. The van der Waals surface area contributed by atoms with E-state index >= 15 is 0 Å². The molecule has 2 aromatic carbocycles. The van der Waals surface area contributed by atoms with Crippen LogP contribution in [0.1, 0.15) is 12.5 Å². The van der Waals surface area contributed by atoms with Crippen LogP contribution in [0.15, 0.2) is 48.5 Å². The van der Waals surface area contributed by atoms with Gasteiger partial charge < -0.3 is 9.47 Å². The molecule has 0 aliphatic carbocycles. The highest BCUT2D eigenvalue weighted by Gasteiger charge is 1.97. The van der Waals surface area contributed by atoms with E-state index in [1.165, 1.54) is 0 Å². The van der Waals surface area contributed by atoms with E-state index in [1.54, 1.807) is 0 Å². The van der Waals surface area contributed by atoms with Crippen LogP contribution in [0.4, 0.5) is 0 Å². The summed E-state index contributed by atoms with van der Waals surface area (Å²) >= 11 is 0. The lowest BCUT2D eigenvalue weighted by Crippen LogP contribution is -1.91. The zero-order valence-corrected chi connectivity index (χ0v) is 9.85. The Balaban J connectivity index is 2.05. The lowest BCUT2D eigenvalue weighted by atomic mass is 10.2. The van der Waals surface area contributed by atoms with Gasteiger partial charge in [0, 0.05) is 0 Å². The summed E-state index contributed by atoms with van der Waals surface area (Å²) in [7, 11) is 0. The smallest absolute Gasteiger partial charge is 0.127 e. The molecule has 1 radical (unpaired) electrons. The molecular weight excluding hydrogens is 212 g/mol. The standard InChI is InChI=1S/C15H15O2/c1-3-16-13-8-10-15(11-9-13)17-14-6-4-12(2)5-7-14/h4-11H,2-3H2,1H3. The molecule has 0 heterocycles. The molecule has 0 fully saturated rings. The monoisotopic (exact) mass is 227 g/mol. The van der Waals surface area contributed by atoms with Crippen molar-refractivity contribution in [3.05, 3.63) is 61.0 Å². The fourth-order valence-corrected chi connectivity index (χ4v) is 1.46. The van der Waals surface area contributed by atoms with Crippen LogP contribution in [-0.2, 0) is 0 Å². The maximum absolute atomic E-state index is 5.68. The van der Waals surface area contributed by atoms with Crippen molar-refractivity contribution in [2.24, 2.45) is 0 Å². The third-order valence-corrected chi connectivity index (χ3v) is 2.29. The number of hydrogen-bond acceptors (Lipinski definition) is 2. The molecule has 17 heavy (non-hydrogen) atoms. The van der Waals surface area contributed by atoms with Gasteiger partial charge in [0.15, 0.2) is 0 Å². The van der Waals surface area contributed by atoms with E-state index < -0.39 is 0 Å². The second-order valence-electron chi connectivity index (χ2n) is 3.65. The molecule has 0 saturated carbocycles. The summed E-state index contributed by atoms with van der Waals surface area (Å²) in [6.45, 7) is 6.46. The average molecular weight is 227 g/mol. The quantitative estimate of drug-likeness (QED) is 0.784. The molecule has 2 heteroatoms. The molecule has 2 nitrogen and oxygen atoms in total. The molecule has 0 amide bonds. The van der Waals surface area contributed by atoms with Gasteiger partial charge in [-0.3, -0.25) is 0 Å². The summed E-state index contributed by atoms with van der Waals surface area (Å²) in [5, 5.41) is 0. The molecule has 0 atom stereocenters. The Labute approximate surface area is 102 Å². The van der Waals surface area contributed by atoms with Crippen molar-refractivity contribution in [1.29, 1.82) is 0 Å². The van der Waals surface area contributed by atoms with Gasteiger partial charge in [0.1, 0.15) is 17.2 Å². The molecule has 0 aliphatic heterocycles. The highest BCUT2D eigenvalue weighted by Crippen LogP contribution is 2.23. The van der Waals surface area contributed by atoms with Gasteiger partial charge in [-0.15, -0.1) is 0 Å². The molecule has 0 unspecified atom stereocenters. The second kappa shape index (κ2) is 5.39. The zero-order valence-electron chi connectivity index (χ0n) is 9.85. The molecule has 0 saturated heterocycles. The van der Waals surface area contributed by atoms with Crippen molar-refractivity contribution >= 4 is 0 Å². The summed E-state index contributed by atoms with van der Waals surface area (Å²) < 4.78 is 11.0. The Morgan fingerprint density at radius 1 is 0.824 bits per heavy atom.